The molecule has 1 aliphatic carbocycles. The minimum absolute atomic E-state index is 0.0347. The van der Waals surface area contributed by atoms with E-state index in [9.17, 15) is 24.0 Å². The number of urea groups is 1. The molecule has 0 aromatic heterocycles. The van der Waals surface area contributed by atoms with Gasteiger partial charge in [-0.3, -0.25) is 14.4 Å². The number of aldehydes is 1. The third-order valence-corrected chi connectivity index (χ3v) is 7.83. The van der Waals surface area contributed by atoms with E-state index >= 15 is 0 Å². The van der Waals surface area contributed by atoms with Crippen molar-refractivity contribution in [2.24, 2.45) is 28.6 Å². The summed E-state index contributed by atoms with van der Waals surface area (Å²) in [7, 11) is 0. The quantitative estimate of drug-likeness (QED) is 0.385. The lowest BCUT2D eigenvalue weighted by Crippen LogP contribution is -2.61. The molecular formula is C26H43N5O5. The number of piperidine rings is 1. The standard InChI is InChI=1S/C26H43N5O5/c1-24(2,3)19(29-23(36)30-25(4,5)6)22(35)31-12-16-17(26(16,7)8)18(31)21(34)28-15(13-32)11-14-9-10-27-20(14)33/h13-19H,9-12H2,1-8H3,(H,27,33)(H,28,34)(H2,29,30,36)/t14-,15-,16-,17?,18-,19+/m0/s1. The lowest BCUT2D eigenvalue weighted by Gasteiger charge is -2.38. The van der Waals surface area contributed by atoms with Crippen LogP contribution in [-0.2, 0) is 19.2 Å². The zero-order valence-corrected chi connectivity index (χ0v) is 22.9. The Morgan fingerprint density at radius 3 is 2.28 bits per heavy atom. The highest BCUT2D eigenvalue weighted by atomic mass is 16.2. The molecule has 2 aliphatic heterocycles. The zero-order valence-electron chi connectivity index (χ0n) is 22.9. The van der Waals surface area contributed by atoms with E-state index in [4.69, 9.17) is 0 Å². The van der Waals surface area contributed by atoms with E-state index in [2.05, 4.69) is 35.1 Å². The van der Waals surface area contributed by atoms with E-state index in [0.29, 0.717) is 25.8 Å². The van der Waals surface area contributed by atoms with Crippen molar-refractivity contribution in [2.45, 2.75) is 91.9 Å². The predicted octanol–water partition coefficient (Wildman–Crippen LogP) is 1.19. The minimum atomic E-state index is -0.847. The maximum atomic E-state index is 13.8. The fraction of sp³-hybridized carbons (Fsp3) is 0.808. The molecule has 1 saturated carbocycles. The molecule has 0 aromatic rings. The van der Waals surface area contributed by atoms with Crippen molar-refractivity contribution < 1.29 is 24.0 Å². The lowest BCUT2D eigenvalue weighted by atomic mass is 9.85. The van der Waals surface area contributed by atoms with Gasteiger partial charge in [0.05, 0.1) is 6.04 Å². The number of hydrogen-bond acceptors (Lipinski definition) is 5. The van der Waals surface area contributed by atoms with Crippen LogP contribution in [0.25, 0.3) is 0 Å². The van der Waals surface area contributed by atoms with Crippen LogP contribution in [0.15, 0.2) is 0 Å². The summed E-state index contributed by atoms with van der Waals surface area (Å²) in [5, 5.41) is 11.2. The van der Waals surface area contributed by atoms with E-state index in [0.717, 1.165) is 0 Å². The van der Waals surface area contributed by atoms with Crippen molar-refractivity contribution in [2.75, 3.05) is 13.1 Å². The monoisotopic (exact) mass is 505 g/mol. The largest absolute Gasteiger partial charge is 0.356 e. The first-order chi connectivity index (χ1) is 16.5. The number of likely N-dealkylation sites (tertiary alicyclic amines) is 1. The fourth-order valence-electron chi connectivity index (χ4n) is 5.73. The second-order valence-corrected chi connectivity index (χ2v) is 13.3. The number of carbonyl (C=O) groups is 5. The summed E-state index contributed by atoms with van der Waals surface area (Å²) in [6, 6.07) is -2.84. The molecule has 0 aromatic carbocycles. The highest BCUT2D eigenvalue weighted by Gasteiger charge is 2.69. The van der Waals surface area contributed by atoms with Crippen LogP contribution in [0.4, 0.5) is 4.79 Å². The molecule has 6 atom stereocenters. The summed E-state index contributed by atoms with van der Waals surface area (Å²) in [4.78, 5) is 65.3. The molecule has 10 nitrogen and oxygen atoms in total. The van der Waals surface area contributed by atoms with E-state index in [1.54, 1.807) is 4.90 Å². The second-order valence-electron chi connectivity index (χ2n) is 13.3. The Balaban J connectivity index is 1.78. The summed E-state index contributed by atoms with van der Waals surface area (Å²) < 4.78 is 0. The van der Waals surface area contributed by atoms with Crippen LogP contribution in [0.5, 0.6) is 0 Å². The number of amides is 5. The van der Waals surface area contributed by atoms with E-state index in [-0.39, 0.29) is 47.3 Å². The minimum Gasteiger partial charge on any atom is -0.356 e. The molecule has 0 bridgehead atoms. The topological polar surface area (TPSA) is 137 Å². The van der Waals surface area contributed by atoms with Crippen LogP contribution < -0.4 is 21.3 Å². The smallest absolute Gasteiger partial charge is 0.315 e. The predicted molar refractivity (Wildman–Crippen MR) is 135 cm³/mol. The molecule has 3 fully saturated rings. The Labute approximate surface area is 214 Å². The van der Waals surface area contributed by atoms with Gasteiger partial charge in [0, 0.05) is 24.5 Å². The van der Waals surface area contributed by atoms with Gasteiger partial charge in [-0.05, 0) is 56.3 Å². The van der Waals surface area contributed by atoms with Gasteiger partial charge in [0.25, 0.3) is 0 Å². The highest BCUT2D eigenvalue weighted by molar-refractivity contribution is 5.94. The molecule has 2 heterocycles. The number of nitrogens with zero attached hydrogens (tertiary/aromatic N) is 1. The van der Waals surface area contributed by atoms with Gasteiger partial charge >= 0.3 is 6.03 Å². The van der Waals surface area contributed by atoms with Crippen molar-refractivity contribution in [1.82, 2.24) is 26.2 Å². The maximum Gasteiger partial charge on any atom is 0.315 e. The summed E-state index contributed by atoms with van der Waals surface area (Å²) in [6.07, 6.45) is 1.52. The first kappa shape index (κ1) is 27.9. The van der Waals surface area contributed by atoms with Crippen LogP contribution >= 0.6 is 0 Å². The van der Waals surface area contributed by atoms with Crippen molar-refractivity contribution in [1.29, 1.82) is 0 Å². The van der Waals surface area contributed by atoms with Gasteiger partial charge in [0.2, 0.25) is 17.7 Å². The number of carbonyl (C=O) groups excluding carboxylic acids is 5. The van der Waals surface area contributed by atoms with Gasteiger partial charge in [-0.2, -0.15) is 0 Å². The summed E-state index contributed by atoms with van der Waals surface area (Å²) >= 11 is 0. The molecule has 1 unspecified atom stereocenters. The van der Waals surface area contributed by atoms with Gasteiger partial charge in [0.1, 0.15) is 18.4 Å². The van der Waals surface area contributed by atoms with Gasteiger partial charge in [-0.25, -0.2) is 4.79 Å². The third-order valence-electron chi connectivity index (χ3n) is 7.83. The Bertz CT molecular complexity index is 919. The molecule has 5 amide bonds. The molecule has 2 saturated heterocycles. The summed E-state index contributed by atoms with van der Waals surface area (Å²) in [6.45, 7) is 16.3. The number of hydrogen-bond donors (Lipinski definition) is 4. The first-order valence-corrected chi connectivity index (χ1v) is 12.9. The van der Waals surface area contributed by atoms with Crippen molar-refractivity contribution in [3.05, 3.63) is 0 Å². The molecule has 36 heavy (non-hydrogen) atoms. The van der Waals surface area contributed by atoms with Crippen LogP contribution in [0.3, 0.4) is 0 Å². The average molecular weight is 506 g/mol. The van der Waals surface area contributed by atoms with Crippen LogP contribution in [0.2, 0.25) is 0 Å². The Morgan fingerprint density at radius 2 is 1.78 bits per heavy atom. The highest BCUT2D eigenvalue weighted by Crippen LogP contribution is 2.65. The second kappa shape index (κ2) is 9.67. The Kier molecular flexibility index (Phi) is 7.50. The van der Waals surface area contributed by atoms with Crippen LogP contribution in [0, 0.1) is 28.6 Å². The fourth-order valence-corrected chi connectivity index (χ4v) is 5.73. The normalized spacial score (nSPS) is 28.4. The van der Waals surface area contributed by atoms with Crippen LogP contribution in [0.1, 0.15) is 68.2 Å². The lowest BCUT2D eigenvalue weighted by molar-refractivity contribution is -0.144. The van der Waals surface area contributed by atoms with Crippen molar-refractivity contribution >= 4 is 30.0 Å². The van der Waals surface area contributed by atoms with Gasteiger partial charge in [-0.15, -0.1) is 0 Å². The number of rotatable bonds is 7. The summed E-state index contributed by atoms with van der Waals surface area (Å²) in [5.74, 6) is -0.993. The molecule has 0 radical (unpaired) electrons. The van der Waals surface area contributed by atoms with Crippen molar-refractivity contribution in [3.63, 3.8) is 0 Å². The molecule has 3 aliphatic rings. The van der Waals surface area contributed by atoms with Gasteiger partial charge in [-0.1, -0.05) is 34.6 Å². The Hall–Kier alpha value is -2.65. The van der Waals surface area contributed by atoms with E-state index < -0.39 is 35.1 Å². The molecular weight excluding hydrogens is 462 g/mol. The number of nitrogens with one attached hydrogen (secondary N) is 4. The number of fused-ring (bicyclic) bond motifs is 1. The molecule has 202 valence electrons. The molecule has 0 spiro atoms. The average Bonchev–Trinajstić information content (AvgIpc) is 3.08. The van der Waals surface area contributed by atoms with E-state index in [1.165, 1.54) is 0 Å². The molecule has 3 rings (SSSR count). The third kappa shape index (κ3) is 5.83. The molecule has 10 heteroatoms. The van der Waals surface area contributed by atoms with E-state index in [1.807, 2.05) is 41.5 Å². The maximum absolute atomic E-state index is 13.8. The first-order valence-electron chi connectivity index (χ1n) is 12.9. The zero-order chi connectivity index (χ0) is 27.2. The molecule has 4 N–H and O–H groups in total. The van der Waals surface area contributed by atoms with Crippen LogP contribution in [-0.4, -0.2) is 71.7 Å². The van der Waals surface area contributed by atoms with Gasteiger partial charge < -0.3 is 31.0 Å². The van der Waals surface area contributed by atoms with Gasteiger partial charge in [0.15, 0.2) is 0 Å². The summed E-state index contributed by atoms with van der Waals surface area (Å²) in [5.41, 5.74) is -1.18. The van der Waals surface area contributed by atoms with Crippen molar-refractivity contribution in [3.8, 4) is 0 Å². The Morgan fingerprint density at radius 1 is 1.14 bits per heavy atom. The SMILES string of the molecule is CC(C)(C)NC(=O)N[C@H](C(=O)N1C[C@H]2C([C@H]1C(=O)N[C@H](C=O)C[C@@H]1CCNC1=O)C2(C)C)C(C)(C)C.